The van der Waals surface area contributed by atoms with Crippen molar-refractivity contribution >= 4 is 11.9 Å². The minimum Gasteiger partial charge on any atom is -0.455 e. The number of esters is 2. The van der Waals surface area contributed by atoms with Crippen molar-refractivity contribution in [1.29, 1.82) is 0 Å². The first-order valence-corrected chi connectivity index (χ1v) is 9.48. The fourth-order valence-corrected chi connectivity index (χ4v) is 4.57. The Morgan fingerprint density at radius 2 is 1.96 bits per heavy atom. The molecule has 8 atom stereocenters. The van der Waals surface area contributed by atoms with Crippen molar-refractivity contribution in [2.45, 2.75) is 82.4 Å². The molecule has 0 spiro atoms. The van der Waals surface area contributed by atoms with Crippen LogP contribution in [-0.4, -0.2) is 64.1 Å². The number of ether oxygens (including phenoxy) is 4. The molecule has 4 aliphatic rings. The van der Waals surface area contributed by atoms with E-state index in [1.54, 1.807) is 27.7 Å². The monoisotopic (exact) mass is 394 g/mol. The molecule has 154 valence electrons. The predicted octanol–water partition coefficient (Wildman–Crippen LogP) is 0.752. The van der Waals surface area contributed by atoms with Gasteiger partial charge in [0.05, 0.1) is 17.1 Å². The highest BCUT2D eigenvalue weighted by atomic mass is 16.7. The normalized spacial score (nSPS) is 51.9. The SMILES string of the molecule is C=C1C(=O)O[C@@H]2[C@@]3(C)CC/C=C(\C)[C@@H](O)[C@@H](OC(=O)[C@@]4(C)O[C@@H]4C)[C@@]12O[C@@H]3O. The average Bonchev–Trinajstić information content (AvgIpc) is 3.10. The highest BCUT2D eigenvalue weighted by Crippen LogP contribution is 2.58. The number of aliphatic hydroxyl groups excluding tert-OH is 2. The van der Waals surface area contributed by atoms with Gasteiger partial charge < -0.3 is 29.2 Å². The van der Waals surface area contributed by atoms with E-state index in [1.165, 1.54) is 0 Å². The lowest BCUT2D eigenvalue weighted by Gasteiger charge is -2.38. The third-order valence-corrected chi connectivity index (χ3v) is 6.91. The van der Waals surface area contributed by atoms with Gasteiger partial charge in [-0.15, -0.1) is 0 Å². The zero-order chi connectivity index (χ0) is 20.6. The molecule has 0 aromatic heterocycles. The second kappa shape index (κ2) is 5.89. The summed E-state index contributed by atoms with van der Waals surface area (Å²) in [4.78, 5) is 25.2. The van der Waals surface area contributed by atoms with Crippen molar-refractivity contribution in [1.82, 2.24) is 0 Å². The Labute approximate surface area is 163 Å². The Kier molecular flexibility index (Phi) is 4.11. The molecule has 8 nitrogen and oxygen atoms in total. The summed E-state index contributed by atoms with van der Waals surface area (Å²) in [6.45, 7) is 10.6. The van der Waals surface area contributed by atoms with E-state index in [2.05, 4.69) is 6.58 Å². The highest BCUT2D eigenvalue weighted by molar-refractivity contribution is 5.94. The van der Waals surface area contributed by atoms with Crippen molar-refractivity contribution in [3.63, 3.8) is 0 Å². The maximum absolute atomic E-state index is 12.8. The molecule has 2 bridgehead atoms. The maximum Gasteiger partial charge on any atom is 0.341 e. The van der Waals surface area contributed by atoms with Crippen LogP contribution in [0.5, 0.6) is 0 Å². The molecule has 3 fully saturated rings. The largest absolute Gasteiger partial charge is 0.455 e. The van der Waals surface area contributed by atoms with E-state index >= 15 is 0 Å². The van der Waals surface area contributed by atoms with Gasteiger partial charge in [0, 0.05) is 0 Å². The molecule has 0 amide bonds. The van der Waals surface area contributed by atoms with Gasteiger partial charge in [0.2, 0.25) is 0 Å². The zero-order valence-electron chi connectivity index (χ0n) is 16.4. The van der Waals surface area contributed by atoms with Crippen molar-refractivity contribution in [2.75, 3.05) is 0 Å². The van der Waals surface area contributed by atoms with Crippen molar-refractivity contribution < 1.29 is 38.7 Å². The summed E-state index contributed by atoms with van der Waals surface area (Å²) in [5.74, 6) is -1.37. The lowest BCUT2D eigenvalue weighted by Crippen LogP contribution is -2.58. The number of carbonyl (C=O) groups excluding carboxylic acids is 2. The van der Waals surface area contributed by atoms with E-state index in [0.717, 1.165) is 0 Å². The summed E-state index contributed by atoms with van der Waals surface area (Å²) in [5, 5.41) is 21.7. The van der Waals surface area contributed by atoms with Crippen molar-refractivity contribution in [3.05, 3.63) is 23.8 Å². The number of allylic oxidation sites excluding steroid dienone is 1. The van der Waals surface area contributed by atoms with Crippen LogP contribution in [0.4, 0.5) is 0 Å². The van der Waals surface area contributed by atoms with Crippen molar-refractivity contribution in [3.8, 4) is 0 Å². The van der Waals surface area contributed by atoms with E-state index in [1.807, 2.05) is 6.08 Å². The molecule has 3 aliphatic heterocycles. The van der Waals surface area contributed by atoms with Crippen LogP contribution >= 0.6 is 0 Å². The van der Waals surface area contributed by atoms with Crippen LogP contribution in [0.2, 0.25) is 0 Å². The van der Waals surface area contributed by atoms with Gasteiger partial charge in [0.25, 0.3) is 0 Å². The van der Waals surface area contributed by atoms with Gasteiger partial charge in [-0.05, 0) is 39.2 Å². The quantitative estimate of drug-likeness (QED) is 0.305. The van der Waals surface area contributed by atoms with Crippen LogP contribution in [0.3, 0.4) is 0 Å². The fraction of sp³-hybridized carbons (Fsp3) is 0.700. The van der Waals surface area contributed by atoms with E-state index < -0.39 is 53.2 Å². The summed E-state index contributed by atoms with van der Waals surface area (Å²) >= 11 is 0. The summed E-state index contributed by atoms with van der Waals surface area (Å²) in [6.07, 6.45) is -2.37. The second-order valence-electron chi connectivity index (χ2n) is 8.66. The minimum atomic E-state index is -1.69. The summed E-state index contributed by atoms with van der Waals surface area (Å²) in [7, 11) is 0. The molecule has 3 saturated heterocycles. The lowest BCUT2D eigenvalue weighted by atomic mass is 9.72. The van der Waals surface area contributed by atoms with Crippen molar-refractivity contribution in [2.24, 2.45) is 5.41 Å². The van der Waals surface area contributed by atoms with E-state index in [9.17, 15) is 19.8 Å². The first kappa shape index (κ1) is 19.6. The third-order valence-electron chi connectivity index (χ3n) is 6.91. The summed E-state index contributed by atoms with van der Waals surface area (Å²) < 4.78 is 22.5. The minimum absolute atomic E-state index is 0.0817. The molecule has 0 aromatic carbocycles. The van der Waals surface area contributed by atoms with E-state index in [4.69, 9.17) is 18.9 Å². The second-order valence-corrected chi connectivity index (χ2v) is 8.66. The van der Waals surface area contributed by atoms with E-state index in [0.29, 0.717) is 18.4 Å². The smallest absolute Gasteiger partial charge is 0.341 e. The van der Waals surface area contributed by atoms with Crippen LogP contribution in [-0.2, 0) is 28.5 Å². The number of carbonyl (C=O) groups is 2. The van der Waals surface area contributed by atoms with Crippen LogP contribution in [0.25, 0.3) is 0 Å². The predicted molar refractivity (Wildman–Crippen MR) is 94.8 cm³/mol. The van der Waals surface area contributed by atoms with Crippen LogP contribution in [0.1, 0.15) is 40.5 Å². The molecule has 0 aromatic rings. The molecule has 4 rings (SSSR count). The molecule has 28 heavy (non-hydrogen) atoms. The molecular weight excluding hydrogens is 368 g/mol. The number of rotatable bonds is 2. The van der Waals surface area contributed by atoms with Gasteiger partial charge in [-0.2, -0.15) is 0 Å². The maximum atomic E-state index is 12.8. The zero-order valence-corrected chi connectivity index (χ0v) is 16.4. The third kappa shape index (κ3) is 2.32. The summed E-state index contributed by atoms with van der Waals surface area (Å²) in [5.41, 5.74) is -3.28. The molecule has 0 unspecified atom stereocenters. The van der Waals surface area contributed by atoms with Gasteiger partial charge in [0.1, 0.15) is 12.2 Å². The molecule has 2 N–H and O–H groups in total. The highest BCUT2D eigenvalue weighted by Gasteiger charge is 2.74. The molecule has 3 heterocycles. The van der Waals surface area contributed by atoms with Gasteiger partial charge in [-0.1, -0.05) is 19.6 Å². The number of hydrogen-bond acceptors (Lipinski definition) is 8. The molecule has 1 aliphatic carbocycles. The molecule has 8 heteroatoms. The van der Waals surface area contributed by atoms with Gasteiger partial charge in [0.15, 0.2) is 23.6 Å². The Hall–Kier alpha value is -1.74. The molecular formula is C20H26O8. The Morgan fingerprint density at radius 1 is 1.32 bits per heavy atom. The Balaban J connectivity index is 1.83. The summed E-state index contributed by atoms with van der Waals surface area (Å²) in [6, 6.07) is 0. The number of epoxide rings is 1. The first-order chi connectivity index (χ1) is 13.0. The number of aliphatic hydroxyl groups is 2. The molecule has 0 saturated carbocycles. The van der Waals surface area contributed by atoms with Crippen LogP contribution in [0.15, 0.2) is 23.8 Å². The number of hydrogen-bond donors (Lipinski definition) is 2. The standard InChI is InChI=1S/C20H26O8/c1-9-7-6-8-18(4)15-20(28-16(18)23,10(2)14(22)26-15)13(12(9)21)25-17(24)19(5)11(3)27-19/h7,11-13,15-16,21,23H,2,6,8H2,1,3-5H3/b9-7+/t11-,12-,13-,15-,16+,18-,19+,20+/m1/s1. The lowest BCUT2D eigenvalue weighted by molar-refractivity contribution is -0.208. The Morgan fingerprint density at radius 3 is 2.57 bits per heavy atom. The average molecular weight is 394 g/mol. The van der Waals surface area contributed by atoms with Gasteiger partial charge in [-0.25, -0.2) is 9.59 Å². The topological polar surface area (TPSA) is 115 Å². The van der Waals surface area contributed by atoms with Crippen LogP contribution in [0, 0.1) is 5.41 Å². The van der Waals surface area contributed by atoms with E-state index in [-0.39, 0.29) is 11.7 Å². The molecule has 0 radical (unpaired) electrons. The Bertz CT molecular complexity index is 789. The first-order valence-electron chi connectivity index (χ1n) is 9.48. The van der Waals surface area contributed by atoms with Crippen LogP contribution < -0.4 is 0 Å². The van der Waals surface area contributed by atoms with Gasteiger partial charge >= 0.3 is 11.9 Å². The fourth-order valence-electron chi connectivity index (χ4n) is 4.57. The van der Waals surface area contributed by atoms with Gasteiger partial charge in [-0.3, -0.25) is 0 Å².